The molecule has 0 unspecified atom stereocenters. The Hall–Kier alpha value is -2.71. The molecule has 0 fully saturated rings. The number of hydrogen-bond acceptors (Lipinski definition) is 5. The number of rotatable bonds is 3. The van der Waals surface area contributed by atoms with Gasteiger partial charge >= 0.3 is 5.51 Å². The fourth-order valence-corrected chi connectivity index (χ4v) is 3.78. The van der Waals surface area contributed by atoms with Crippen molar-refractivity contribution in [2.75, 3.05) is 0 Å². The zero-order valence-electron chi connectivity index (χ0n) is 13.2. The maximum Gasteiger partial charge on any atom is 0.501 e. The van der Waals surface area contributed by atoms with Crippen LogP contribution in [-0.2, 0) is 16.3 Å². The first-order valence-electron chi connectivity index (χ1n) is 7.36. The molecule has 2 atom stereocenters. The van der Waals surface area contributed by atoms with Crippen LogP contribution in [0, 0.1) is 6.57 Å². The molecule has 27 heavy (non-hydrogen) atoms. The second kappa shape index (κ2) is 6.47. The van der Waals surface area contributed by atoms with Gasteiger partial charge in [-0.1, -0.05) is 0 Å². The van der Waals surface area contributed by atoms with Gasteiger partial charge in [0.15, 0.2) is 0 Å². The molecule has 6 nitrogen and oxygen atoms in total. The summed E-state index contributed by atoms with van der Waals surface area (Å²) in [5.41, 5.74) is -6.34. The van der Waals surface area contributed by atoms with E-state index in [1.165, 1.54) is 18.5 Å². The molecule has 11 heteroatoms. The number of aromatic nitrogens is 1. The van der Waals surface area contributed by atoms with E-state index in [1.807, 2.05) is 0 Å². The number of ether oxygens (including phenoxy) is 1. The molecule has 0 radical (unpaired) electrons. The second-order valence-electron chi connectivity index (χ2n) is 5.66. The standard InChI is InChI=1S/C16H10F4N2O4S/c1-21-8-4-9(7-22-6-8)26-12-2-3-13(27(24,25)16(18,19)20)14-10(12)5-11(17)15(14)23/h2-4,6-7,11,15,23H,5H2/t11-,15-/m1/s1. The normalized spacial score (nSPS) is 19.4. The molecule has 1 heterocycles. The molecular formula is C16H10F4N2O4S. The van der Waals surface area contributed by atoms with Crippen molar-refractivity contribution in [3.8, 4) is 11.5 Å². The van der Waals surface area contributed by atoms with Crippen LogP contribution in [0.15, 0.2) is 35.5 Å². The van der Waals surface area contributed by atoms with E-state index >= 15 is 0 Å². The Bertz CT molecular complexity index is 1050. The molecular weight excluding hydrogens is 392 g/mol. The van der Waals surface area contributed by atoms with Gasteiger partial charge in [-0.2, -0.15) is 13.2 Å². The van der Waals surface area contributed by atoms with Crippen LogP contribution in [-0.4, -0.2) is 30.2 Å². The number of halogens is 4. The molecule has 0 saturated carbocycles. The van der Waals surface area contributed by atoms with E-state index in [0.717, 1.165) is 6.07 Å². The number of hydrogen-bond donors (Lipinski definition) is 1. The van der Waals surface area contributed by atoms with Gasteiger partial charge in [-0.15, -0.1) is 0 Å². The second-order valence-corrected chi connectivity index (χ2v) is 7.57. The smallest absolute Gasteiger partial charge is 0.457 e. The lowest BCUT2D eigenvalue weighted by molar-refractivity contribution is -0.0437. The average molecular weight is 402 g/mol. The highest BCUT2D eigenvalue weighted by Crippen LogP contribution is 2.46. The number of aliphatic hydroxyl groups excluding tert-OH is 1. The van der Waals surface area contributed by atoms with Gasteiger partial charge in [0.2, 0.25) is 5.69 Å². The lowest BCUT2D eigenvalue weighted by atomic mass is 10.1. The third kappa shape index (κ3) is 3.22. The van der Waals surface area contributed by atoms with Gasteiger partial charge in [-0.3, -0.25) is 4.98 Å². The topological polar surface area (TPSA) is 80.8 Å². The highest BCUT2D eigenvalue weighted by molar-refractivity contribution is 7.92. The maximum atomic E-state index is 14.0. The molecule has 0 bridgehead atoms. The molecule has 0 saturated heterocycles. The summed E-state index contributed by atoms with van der Waals surface area (Å²) >= 11 is 0. The molecule has 0 spiro atoms. The van der Waals surface area contributed by atoms with Crippen molar-refractivity contribution in [1.29, 1.82) is 0 Å². The van der Waals surface area contributed by atoms with Gasteiger partial charge in [0, 0.05) is 23.7 Å². The molecule has 1 N–H and O–H groups in total. The highest BCUT2D eigenvalue weighted by Gasteiger charge is 2.50. The molecule has 142 valence electrons. The van der Waals surface area contributed by atoms with Crippen molar-refractivity contribution in [2.45, 2.75) is 29.1 Å². The first-order valence-corrected chi connectivity index (χ1v) is 8.84. The third-order valence-electron chi connectivity index (χ3n) is 3.96. The van der Waals surface area contributed by atoms with Crippen molar-refractivity contribution >= 4 is 15.5 Å². The monoisotopic (exact) mass is 402 g/mol. The lowest BCUT2D eigenvalue weighted by Crippen LogP contribution is -2.25. The lowest BCUT2D eigenvalue weighted by Gasteiger charge is -2.17. The third-order valence-corrected chi connectivity index (χ3v) is 5.51. The molecule has 1 aromatic heterocycles. The van der Waals surface area contributed by atoms with Crippen LogP contribution in [0.4, 0.5) is 23.2 Å². The summed E-state index contributed by atoms with van der Waals surface area (Å²) < 4.78 is 81.7. The number of benzene rings is 1. The van der Waals surface area contributed by atoms with Crippen LogP contribution in [0.3, 0.4) is 0 Å². The number of aliphatic hydroxyl groups is 1. The number of alkyl halides is 4. The molecule has 1 aliphatic carbocycles. The molecule has 0 amide bonds. The van der Waals surface area contributed by atoms with Crippen LogP contribution in [0.25, 0.3) is 4.85 Å². The predicted octanol–water partition coefficient (Wildman–Crippen LogP) is 3.65. The summed E-state index contributed by atoms with van der Waals surface area (Å²) in [5, 5.41) is 9.92. The Morgan fingerprint density at radius 2 is 2.00 bits per heavy atom. The summed E-state index contributed by atoms with van der Waals surface area (Å²) in [6, 6.07) is 2.86. The van der Waals surface area contributed by atoms with E-state index in [2.05, 4.69) is 9.83 Å². The Morgan fingerprint density at radius 1 is 1.30 bits per heavy atom. The Balaban J connectivity index is 2.14. The van der Waals surface area contributed by atoms with Gasteiger partial charge in [0.1, 0.15) is 23.8 Å². The number of pyridine rings is 1. The van der Waals surface area contributed by atoms with E-state index in [4.69, 9.17) is 11.3 Å². The van der Waals surface area contributed by atoms with Crippen molar-refractivity contribution in [3.05, 3.63) is 53.1 Å². The van der Waals surface area contributed by atoms with E-state index in [9.17, 15) is 31.1 Å². The summed E-state index contributed by atoms with van der Waals surface area (Å²) in [7, 11) is -5.79. The molecule has 3 rings (SSSR count). The first-order chi connectivity index (χ1) is 12.6. The summed E-state index contributed by atoms with van der Waals surface area (Å²) in [4.78, 5) is 5.69. The maximum absolute atomic E-state index is 14.0. The van der Waals surface area contributed by atoms with Gasteiger partial charge in [-0.25, -0.2) is 17.7 Å². The van der Waals surface area contributed by atoms with Crippen LogP contribution < -0.4 is 4.74 Å². The Morgan fingerprint density at radius 3 is 2.63 bits per heavy atom. The number of fused-ring (bicyclic) bond motifs is 1. The largest absolute Gasteiger partial charge is 0.501 e. The molecule has 1 aliphatic rings. The number of sulfone groups is 1. The van der Waals surface area contributed by atoms with Crippen LogP contribution in [0.5, 0.6) is 11.5 Å². The van der Waals surface area contributed by atoms with Gasteiger partial charge in [-0.05, 0) is 18.2 Å². The fourth-order valence-electron chi connectivity index (χ4n) is 2.75. The SMILES string of the molecule is [C-]#[N+]c1cncc(Oc2ccc(S(=O)(=O)C(F)(F)F)c3c2C[C@@H](F)[C@H]3O)c1. The molecule has 1 aromatic carbocycles. The number of nitrogens with zero attached hydrogens (tertiary/aromatic N) is 2. The van der Waals surface area contributed by atoms with Crippen LogP contribution in [0.1, 0.15) is 17.2 Å². The molecule has 0 aliphatic heterocycles. The van der Waals surface area contributed by atoms with Crippen molar-refractivity contribution in [3.63, 3.8) is 0 Å². The van der Waals surface area contributed by atoms with Crippen LogP contribution >= 0.6 is 0 Å². The Labute approximate surface area is 150 Å². The van der Waals surface area contributed by atoms with Gasteiger partial charge in [0.25, 0.3) is 9.84 Å². The average Bonchev–Trinajstić information content (AvgIpc) is 2.90. The highest BCUT2D eigenvalue weighted by atomic mass is 32.2. The predicted molar refractivity (Wildman–Crippen MR) is 83.8 cm³/mol. The van der Waals surface area contributed by atoms with E-state index < -0.39 is 44.5 Å². The van der Waals surface area contributed by atoms with Crippen LogP contribution in [0.2, 0.25) is 0 Å². The van der Waals surface area contributed by atoms with E-state index in [0.29, 0.717) is 6.07 Å². The minimum atomic E-state index is -5.79. The summed E-state index contributed by atoms with van der Waals surface area (Å²) in [5.74, 6) is -0.0804. The fraction of sp³-hybridized carbons (Fsp3) is 0.250. The minimum Gasteiger partial charge on any atom is -0.457 e. The summed E-state index contributed by atoms with van der Waals surface area (Å²) in [6.45, 7) is 6.92. The summed E-state index contributed by atoms with van der Waals surface area (Å²) in [6.07, 6.45) is -2.07. The first kappa shape index (κ1) is 19.1. The van der Waals surface area contributed by atoms with Crippen molar-refractivity contribution in [1.82, 2.24) is 4.98 Å². The minimum absolute atomic E-state index is 0.0499. The molecule has 2 aromatic rings. The van der Waals surface area contributed by atoms with E-state index in [1.54, 1.807) is 0 Å². The quantitative estimate of drug-likeness (QED) is 0.626. The zero-order chi connectivity index (χ0) is 20.0. The Kier molecular flexibility index (Phi) is 4.57. The van der Waals surface area contributed by atoms with E-state index in [-0.39, 0.29) is 22.7 Å². The van der Waals surface area contributed by atoms with Gasteiger partial charge in [0.05, 0.1) is 17.7 Å². The van der Waals surface area contributed by atoms with Gasteiger partial charge < -0.3 is 9.84 Å². The zero-order valence-corrected chi connectivity index (χ0v) is 14.1. The van der Waals surface area contributed by atoms with Crippen molar-refractivity contribution < 1.29 is 35.8 Å². The van der Waals surface area contributed by atoms with Crippen molar-refractivity contribution in [2.24, 2.45) is 0 Å².